The lowest BCUT2D eigenvalue weighted by Gasteiger charge is -2.20. The van der Waals surface area contributed by atoms with Crippen molar-refractivity contribution in [3.05, 3.63) is 65.0 Å². The van der Waals surface area contributed by atoms with Gasteiger partial charge in [0.2, 0.25) is 0 Å². The average molecular weight is 287 g/mol. The molecule has 20 heavy (non-hydrogen) atoms. The lowest BCUT2D eigenvalue weighted by Crippen LogP contribution is -2.26. The van der Waals surface area contributed by atoms with Crippen LogP contribution in [0.5, 0.6) is 0 Å². The lowest BCUT2D eigenvalue weighted by atomic mass is 10.3. The molecule has 0 fully saturated rings. The number of rotatable bonds is 7. The zero-order valence-corrected chi connectivity index (χ0v) is 12.0. The summed E-state index contributed by atoms with van der Waals surface area (Å²) in [5.74, 6) is 1.00. The van der Waals surface area contributed by atoms with E-state index in [1.807, 2.05) is 35.3 Å². The summed E-state index contributed by atoms with van der Waals surface area (Å²) in [7, 11) is 0. The summed E-state index contributed by atoms with van der Waals surface area (Å²) in [5.41, 5.74) is 0. The zero-order chi connectivity index (χ0) is 13.6. The Morgan fingerprint density at radius 1 is 1.20 bits per heavy atom. The van der Waals surface area contributed by atoms with Crippen LogP contribution >= 0.6 is 11.3 Å². The Hall–Kier alpha value is -1.85. The SMILES string of the molecule is c1coc(CN(CCn2cccn2)Cc2cccs2)c1. The summed E-state index contributed by atoms with van der Waals surface area (Å²) < 4.78 is 7.42. The van der Waals surface area contributed by atoms with Gasteiger partial charge in [-0.05, 0) is 29.6 Å². The molecule has 0 aromatic carbocycles. The van der Waals surface area contributed by atoms with E-state index in [4.69, 9.17) is 4.42 Å². The third-order valence-electron chi connectivity index (χ3n) is 3.12. The fourth-order valence-electron chi connectivity index (χ4n) is 2.14. The van der Waals surface area contributed by atoms with Crippen molar-refractivity contribution >= 4 is 11.3 Å². The first-order valence-electron chi connectivity index (χ1n) is 6.65. The third kappa shape index (κ3) is 3.59. The molecule has 4 nitrogen and oxygen atoms in total. The predicted molar refractivity (Wildman–Crippen MR) is 79.4 cm³/mol. The van der Waals surface area contributed by atoms with E-state index in [9.17, 15) is 0 Å². The average Bonchev–Trinajstić information content (AvgIpc) is 3.20. The Bertz CT molecular complexity index is 551. The highest BCUT2D eigenvalue weighted by molar-refractivity contribution is 7.09. The summed E-state index contributed by atoms with van der Waals surface area (Å²) in [6.45, 7) is 3.60. The minimum atomic E-state index is 0.826. The van der Waals surface area contributed by atoms with Crippen molar-refractivity contribution in [2.24, 2.45) is 0 Å². The van der Waals surface area contributed by atoms with Crippen LogP contribution in [0.2, 0.25) is 0 Å². The molecule has 0 radical (unpaired) electrons. The van der Waals surface area contributed by atoms with Gasteiger partial charge in [-0.3, -0.25) is 9.58 Å². The summed E-state index contributed by atoms with van der Waals surface area (Å²) >= 11 is 1.79. The molecule has 3 aromatic rings. The molecule has 0 unspecified atom stereocenters. The van der Waals surface area contributed by atoms with Crippen LogP contribution in [0.1, 0.15) is 10.6 Å². The van der Waals surface area contributed by atoms with Crippen molar-refractivity contribution in [3.8, 4) is 0 Å². The van der Waals surface area contributed by atoms with Gasteiger partial charge in [-0.15, -0.1) is 11.3 Å². The Morgan fingerprint density at radius 2 is 2.20 bits per heavy atom. The van der Waals surface area contributed by atoms with Crippen LogP contribution in [-0.2, 0) is 19.6 Å². The van der Waals surface area contributed by atoms with Crippen molar-refractivity contribution in [2.75, 3.05) is 6.54 Å². The van der Waals surface area contributed by atoms with Crippen LogP contribution < -0.4 is 0 Å². The normalized spacial score (nSPS) is 11.2. The first-order chi connectivity index (χ1) is 9.90. The highest BCUT2D eigenvalue weighted by Gasteiger charge is 2.09. The Balaban J connectivity index is 1.62. The zero-order valence-electron chi connectivity index (χ0n) is 11.2. The van der Waals surface area contributed by atoms with Gasteiger partial charge in [0.1, 0.15) is 5.76 Å². The molecule has 0 spiro atoms. The van der Waals surface area contributed by atoms with Crippen molar-refractivity contribution < 1.29 is 4.42 Å². The molecular formula is C15H17N3OS. The number of furan rings is 1. The van der Waals surface area contributed by atoms with E-state index < -0.39 is 0 Å². The van der Waals surface area contributed by atoms with Crippen LogP contribution in [0.4, 0.5) is 0 Å². The molecule has 0 aliphatic heterocycles. The Morgan fingerprint density at radius 3 is 2.90 bits per heavy atom. The molecular weight excluding hydrogens is 270 g/mol. The second-order valence-corrected chi connectivity index (χ2v) is 5.67. The Labute approximate surface area is 122 Å². The van der Waals surface area contributed by atoms with E-state index in [1.165, 1.54) is 4.88 Å². The van der Waals surface area contributed by atoms with E-state index >= 15 is 0 Å². The Kier molecular flexibility index (Phi) is 4.30. The second kappa shape index (κ2) is 6.54. The molecule has 0 bridgehead atoms. The number of aromatic nitrogens is 2. The van der Waals surface area contributed by atoms with Gasteiger partial charge < -0.3 is 4.42 Å². The van der Waals surface area contributed by atoms with Gasteiger partial charge in [-0.25, -0.2) is 0 Å². The number of thiophene rings is 1. The van der Waals surface area contributed by atoms with E-state index in [0.29, 0.717) is 0 Å². The van der Waals surface area contributed by atoms with Crippen LogP contribution in [0.25, 0.3) is 0 Å². The lowest BCUT2D eigenvalue weighted by molar-refractivity contribution is 0.225. The molecule has 5 heteroatoms. The van der Waals surface area contributed by atoms with Crippen LogP contribution in [0.15, 0.2) is 58.8 Å². The number of hydrogen-bond acceptors (Lipinski definition) is 4. The number of nitrogens with zero attached hydrogens (tertiary/aromatic N) is 3. The maximum absolute atomic E-state index is 5.46. The van der Waals surface area contributed by atoms with Gasteiger partial charge in [0.25, 0.3) is 0 Å². The molecule has 0 N–H and O–H groups in total. The summed E-state index contributed by atoms with van der Waals surface area (Å²) in [4.78, 5) is 3.75. The van der Waals surface area contributed by atoms with Crippen molar-refractivity contribution in [1.82, 2.24) is 14.7 Å². The molecule has 0 saturated carbocycles. The minimum Gasteiger partial charge on any atom is -0.468 e. The highest BCUT2D eigenvalue weighted by atomic mass is 32.1. The van der Waals surface area contributed by atoms with Gasteiger partial charge in [0, 0.05) is 30.4 Å². The van der Waals surface area contributed by atoms with E-state index in [2.05, 4.69) is 27.5 Å². The molecule has 104 valence electrons. The molecule has 0 aliphatic rings. The topological polar surface area (TPSA) is 34.2 Å². The molecule has 0 saturated heterocycles. The van der Waals surface area contributed by atoms with Gasteiger partial charge >= 0.3 is 0 Å². The number of hydrogen-bond donors (Lipinski definition) is 0. The van der Waals surface area contributed by atoms with Gasteiger partial charge in [-0.2, -0.15) is 5.10 Å². The maximum atomic E-state index is 5.46. The summed E-state index contributed by atoms with van der Waals surface area (Å²) in [5, 5.41) is 6.37. The second-order valence-electron chi connectivity index (χ2n) is 4.64. The van der Waals surface area contributed by atoms with Crippen LogP contribution in [0, 0.1) is 0 Å². The predicted octanol–water partition coefficient (Wildman–Crippen LogP) is 3.24. The quantitative estimate of drug-likeness (QED) is 0.669. The van der Waals surface area contributed by atoms with E-state index in [0.717, 1.165) is 31.9 Å². The first kappa shape index (κ1) is 13.1. The van der Waals surface area contributed by atoms with Gasteiger partial charge in [-0.1, -0.05) is 6.07 Å². The molecule has 3 rings (SSSR count). The maximum Gasteiger partial charge on any atom is 0.117 e. The molecule has 0 aliphatic carbocycles. The molecule has 3 heterocycles. The molecule has 0 amide bonds. The molecule has 3 aromatic heterocycles. The summed E-state index contributed by atoms with van der Waals surface area (Å²) in [6, 6.07) is 10.2. The van der Waals surface area contributed by atoms with Crippen LogP contribution in [-0.4, -0.2) is 21.2 Å². The smallest absolute Gasteiger partial charge is 0.117 e. The van der Waals surface area contributed by atoms with Crippen LogP contribution in [0.3, 0.4) is 0 Å². The summed E-state index contributed by atoms with van der Waals surface area (Å²) in [6.07, 6.45) is 5.54. The largest absolute Gasteiger partial charge is 0.468 e. The highest BCUT2D eigenvalue weighted by Crippen LogP contribution is 2.14. The van der Waals surface area contributed by atoms with Gasteiger partial charge in [0.15, 0.2) is 0 Å². The van der Waals surface area contributed by atoms with E-state index in [1.54, 1.807) is 17.6 Å². The first-order valence-corrected chi connectivity index (χ1v) is 7.53. The van der Waals surface area contributed by atoms with Gasteiger partial charge in [0.05, 0.1) is 19.4 Å². The van der Waals surface area contributed by atoms with Crippen molar-refractivity contribution in [2.45, 2.75) is 19.6 Å². The fourth-order valence-corrected chi connectivity index (χ4v) is 2.88. The fraction of sp³-hybridized carbons (Fsp3) is 0.267. The monoisotopic (exact) mass is 287 g/mol. The third-order valence-corrected chi connectivity index (χ3v) is 3.98. The minimum absolute atomic E-state index is 0.826. The van der Waals surface area contributed by atoms with Crippen molar-refractivity contribution in [1.29, 1.82) is 0 Å². The van der Waals surface area contributed by atoms with Crippen molar-refractivity contribution in [3.63, 3.8) is 0 Å². The molecule has 0 atom stereocenters. The van der Waals surface area contributed by atoms with E-state index in [-0.39, 0.29) is 0 Å². The standard InChI is InChI=1S/C15H17N3OS/c1-4-14(19-10-1)12-17(13-15-5-2-11-20-15)8-9-18-7-3-6-16-18/h1-7,10-11H,8-9,12-13H2.